The number of likely N-dealkylation sites (N-methyl/N-ethyl adjacent to an activating group) is 1. The fourth-order valence-corrected chi connectivity index (χ4v) is 1.66. The van der Waals surface area contributed by atoms with Crippen molar-refractivity contribution in [3.8, 4) is 0 Å². The molecule has 0 aliphatic carbocycles. The molecule has 4 nitrogen and oxygen atoms in total. The Morgan fingerprint density at radius 1 is 1.35 bits per heavy atom. The van der Waals surface area contributed by atoms with Crippen molar-refractivity contribution >= 4 is 5.97 Å². The number of aliphatic carboxylic acids is 1. The molecular weight excluding hydrogens is 218 g/mol. The van der Waals surface area contributed by atoms with E-state index in [9.17, 15) is 9.90 Å². The van der Waals surface area contributed by atoms with Crippen LogP contribution in [0.4, 0.5) is 0 Å². The summed E-state index contributed by atoms with van der Waals surface area (Å²) >= 11 is 0. The molecule has 0 aromatic rings. The summed E-state index contributed by atoms with van der Waals surface area (Å²) in [4.78, 5) is 10.9. The number of hydrogen-bond donors (Lipinski definition) is 2. The van der Waals surface area contributed by atoms with Gasteiger partial charge in [0, 0.05) is 0 Å². The Balaban J connectivity index is 4.13. The van der Waals surface area contributed by atoms with Crippen molar-refractivity contribution in [2.45, 2.75) is 45.3 Å². The summed E-state index contributed by atoms with van der Waals surface area (Å²) in [6.07, 6.45) is 6.22. The van der Waals surface area contributed by atoms with E-state index in [1.807, 2.05) is 14.1 Å². The van der Waals surface area contributed by atoms with E-state index in [0.29, 0.717) is 17.4 Å². The second kappa shape index (κ2) is 7.45. The summed E-state index contributed by atoms with van der Waals surface area (Å²) in [5.74, 6) is -0.826. The molecular formula is C13H26NO3+. The number of hydrogen-bond acceptors (Lipinski definition) is 2. The van der Waals surface area contributed by atoms with Gasteiger partial charge in [0.2, 0.25) is 0 Å². The SMILES string of the molecule is CC/C=C/CCC(O)C[N+](C)(C)C(C)C(=O)O. The largest absolute Gasteiger partial charge is 0.477 e. The van der Waals surface area contributed by atoms with Crippen molar-refractivity contribution in [1.82, 2.24) is 0 Å². The molecule has 4 heteroatoms. The van der Waals surface area contributed by atoms with Gasteiger partial charge in [0.05, 0.1) is 14.1 Å². The number of quaternary nitrogens is 1. The molecule has 0 heterocycles. The maximum atomic E-state index is 10.9. The first-order valence-corrected chi connectivity index (χ1v) is 6.19. The third-order valence-electron chi connectivity index (χ3n) is 3.16. The van der Waals surface area contributed by atoms with Crippen LogP contribution in [-0.4, -0.2) is 53.5 Å². The third-order valence-corrected chi connectivity index (χ3v) is 3.16. The Kier molecular flexibility index (Phi) is 7.07. The lowest BCUT2D eigenvalue weighted by Crippen LogP contribution is -2.54. The molecule has 0 radical (unpaired) electrons. The highest BCUT2D eigenvalue weighted by Crippen LogP contribution is 2.11. The van der Waals surface area contributed by atoms with Crippen molar-refractivity contribution in [3.63, 3.8) is 0 Å². The minimum atomic E-state index is -0.826. The monoisotopic (exact) mass is 244 g/mol. The van der Waals surface area contributed by atoms with Crippen LogP contribution < -0.4 is 0 Å². The maximum Gasteiger partial charge on any atom is 0.362 e. The first-order valence-electron chi connectivity index (χ1n) is 6.19. The maximum absolute atomic E-state index is 10.9. The van der Waals surface area contributed by atoms with Crippen LogP contribution in [0, 0.1) is 0 Å². The van der Waals surface area contributed by atoms with Crippen LogP contribution in [0.15, 0.2) is 12.2 Å². The van der Waals surface area contributed by atoms with E-state index in [0.717, 1.165) is 12.8 Å². The van der Waals surface area contributed by atoms with Crippen molar-refractivity contribution in [2.24, 2.45) is 0 Å². The van der Waals surface area contributed by atoms with Gasteiger partial charge in [-0.3, -0.25) is 0 Å². The van der Waals surface area contributed by atoms with Crippen LogP contribution in [-0.2, 0) is 4.79 Å². The predicted octanol–water partition coefficient (Wildman–Crippen LogP) is 1.64. The molecule has 17 heavy (non-hydrogen) atoms. The molecule has 0 bridgehead atoms. The topological polar surface area (TPSA) is 57.5 Å². The van der Waals surface area contributed by atoms with Gasteiger partial charge in [0.25, 0.3) is 0 Å². The quantitative estimate of drug-likeness (QED) is 0.504. The molecule has 0 rings (SSSR count). The zero-order chi connectivity index (χ0) is 13.5. The molecule has 2 unspecified atom stereocenters. The van der Waals surface area contributed by atoms with Crippen molar-refractivity contribution in [2.75, 3.05) is 20.6 Å². The van der Waals surface area contributed by atoms with Crippen molar-refractivity contribution in [1.29, 1.82) is 0 Å². The predicted molar refractivity (Wildman–Crippen MR) is 68.7 cm³/mol. The van der Waals surface area contributed by atoms with Gasteiger partial charge in [-0.1, -0.05) is 19.1 Å². The minimum absolute atomic E-state index is 0.300. The number of carbonyl (C=O) groups is 1. The number of rotatable bonds is 8. The lowest BCUT2D eigenvalue weighted by Gasteiger charge is -2.35. The first kappa shape index (κ1) is 16.1. The highest BCUT2D eigenvalue weighted by molar-refractivity contribution is 5.71. The van der Waals surface area contributed by atoms with Gasteiger partial charge in [0.1, 0.15) is 12.6 Å². The lowest BCUT2D eigenvalue weighted by molar-refractivity contribution is -0.907. The molecule has 0 spiro atoms. The minimum Gasteiger partial charge on any atom is -0.477 e. The van der Waals surface area contributed by atoms with Crippen LogP contribution in [0.3, 0.4) is 0 Å². The van der Waals surface area contributed by atoms with Gasteiger partial charge >= 0.3 is 5.97 Å². The fraction of sp³-hybridized carbons (Fsp3) is 0.769. The number of nitrogens with zero attached hydrogens (tertiary/aromatic N) is 1. The van der Waals surface area contributed by atoms with Crippen LogP contribution in [0.2, 0.25) is 0 Å². The summed E-state index contributed by atoms with van der Waals surface area (Å²) in [6.45, 7) is 4.21. The Bertz CT molecular complexity index is 261. The Morgan fingerprint density at radius 2 is 1.94 bits per heavy atom. The smallest absolute Gasteiger partial charge is 0.362 e. The van der Waals surface area contributed by atoms with Crippen molar-refractivity contribution < 1.29 is 19.5 Å². The van der Waals surface area contributed by atoms with Gasteiger partial charge in [0.15, 0.2) is 6.04 Å². The van der Waals surface area contributed by atoms with Crippen LogP contribution in [0.1, 0.15) is 33.1 Å². The zero-order valence-corrected chi connectivity index (χ0v) is 11.4. The molecule has 0 amide bonds. The molecule has 0 aromatic heterocycles. The summed E-state index contributed by atoms with van der Waals surface area (Å²) in [5.41, 5.74) is 0. The van der Waals surface area contributed by atoms with E-state index < -0.39 is 18.1 Å². The average Bonchev–Trinajstić information content (AvgIpc) is 2.22. The molecule has 2 atom stereocenters. The van der Waals surface area contributed by atoms with Crippen LogP contribution >= 0.6 is 0 Å². The summed E-state index contributed by atoms with van der Waals surface area (Å²) in [6, 6.07) is -0.504. The number of allylic oxidation sites excluding steroid dienone is 2. The molecule has 0 saturated heterocycles. The number of aliphatic hydroxyl groups excluding tert-OH is 1. The summed E-state index contributed by atoms with van der Waals surface area (Å²) in [7, 11) is 3.67. The van der Waals surface area contributed by atoms with E-state index in [4.69, 9.17) is 5.11 Å². The Labute approximate surface area is 104 Å². The van der Waals surface area contributed by atoms with E-state index in [1.54, 1.807) is 6.92 Å². The van der Waals surface area contributed by atoms with E-state index in [1.165, 1.54) is 0 Å². The molecule has 2 N–H and O–H groups in total. The van der Waals surface area contributed by atoms with E-state index in [-0.39, 0.29) is 0 Å². The normalized spacial score (nSPS) is 16.1. The zero-order valence-electron chi connectivity index (χ0n) is 11.4. The van der Waals surface area contributed by atoms with E-state index >= 15 is 0 Å². The average molecular weight is 244 g/mol. The lowest BCUT2D eigenvalue weighted by atomic mass is 10.1. The Hall–Kier alpha value is -0.870. The van der Waals surface area contributed by atoms with Crippen molar-refractivity contribution in [3.05, 3.63) is 12.2 Å². The molecule has 0 aliphatic heterocycles. The third kappa shape index (κ3) is 6.44. The summed E-state index contributed by atoms with van der Waals surface area (Å²) < 4.78 is 0.300. The van der Waals surface area contributed by atoms with Gasteiger partial charge < -0.3 is 14.7 Å². The van der Waals surface area contributed by atoms with Crippen LogP contribution in [0.5, 0.6) is 0 Å². The molecule has 100 valence electrons. The van der Waals surface area contributed by atoms with Gasteiger partial charge in [-0.25, -0.2) is 4.79 Å². The highest BCUT2D eigenvalue weighted by atomic mass is 16.4. The molecule has 0 fully saturated rings. The van der Waals surface area contributed by atoms with Gasteiger partial charge in [-0.15, -0.1) is 0 Å². The first-order chi connectivity index (χ1) is 7.81. The molecule has 0 aliphatic rings. The standard InChI is InChI=1S/C13H25NO3/c1-5-6-7-8-9-12(15)10-14(3,4)11(2)13(16)17/h6-7,11-12,15H,5,8-10H2,1-4H3/p+1/b7-6+. The fourth-order valence-electron chi connectivity index (χ4n) is 1.66. The summed E-state index contributed by atoms with van der Waals surface area (Å²) in [5, 5.41) is 18.8. The molecule has 0 saturated carbocycles. The second-order valence-corrected chi connectivity index (χ2v) is 5.09. The number of carboxylic acid groups (broad SMARTS) is 1. The Morgan fingerprint density at radius 3 is 2.41 bits per heavy atom. The molecule has 0 aromatic carbocycles. The van der Waals surface area contributed by atoms with Gasteiger partial charge in [-0.05, 0) is 26.2 Å². The number of carboxylic acids is 1. The van der Waals surface area contributed by atoms with E-state index in [2.05, 4.69) is 19.1 Å². The highest BCUT2D eigenvalue weighted by Gasteiger charge is 2.32. The van der Waals surface area contributed by atoms with Crippen LogP contribution in [0.25, 0.3) is 0 Å². The number of aliphatic hydroxyl groups is 1. The van der Waals surface area contributed by atoms with Gasteiger partial charge in [-0.2, -0.15) is 0 Å². The second-order valence-electron chi connectivity index (χ2n) is 5.09.